The Labute approximate surface area is 142 Å². The van der Waals surface area contributed by atoms with E-state index in [1.54, 1.807) is 48.5 Å². The van der Waals surface area contributed by atoms with Crippen molar-refractivity contribution in [1.29, 1.82) is 0 Å². The van der Waals surface area contributed by atoms with Crippen LogP contribution in [0.3, 0.4) is 0 Å². The topological polar surface area (TPSA) is 79.5 Å². The van der Waals surface area contributed by atoms with E-state index in [0.29, 0.717) is 20.4 Å². The van der Waals surface area contributed by atoms with Gasteiger partial charge in [-0.3, -0.25) is 9.59 Å². The molecule has 0 bridgehead atoms. The summed E-state index contributed by atoms with van der Waals surface area (Å²) in [7, 11) is -2.77. The second kappa shape index (κ2) is 5.86. The smallest absolute Gasteiger partial charge is 0.253 e. The molecule has 4 aromatic rings. The van der Waals surface area contributed by atoms with Crippen molar-refractivity contribution in [3.8, 4) is 0 Å². The minimum Gasteiger partial charge on any atom is -0.253 e. The van der Waals surface area contributed by atoms with Gasteiger partial charge >= 0.3 is 18.0 Å². The Kier molecular flexibility index (Phi) is 3.68. The third-order valence-corrected chi connectivity index (χ3v) is 5.60. The highest BCUT2D eigenvalue weighted by atomic mass is 32.1. The molecule has 7 nitrogen and oxygen atoms in total. The number of fused-ring (bicyclic) bond motifs is 2. The van der Waals surface area contributed by atoms with E-state index in [1.165, 1.54) is 0 Å². The summed E-state index contributed by atoms with van der Waals surface area (Å²) < 4.78 is 25.6. The molecule has 0 aliphatic carbocycles. The lowest BCUT2D eigenvalue weighted by Crippen LogP contribution is -2.23. The molecule has 2 aromatic heterocycles. The van der Waals surface area contributed by atoms with Gasteiger partial charge in [-0.25, -0.2) is 0 Å². The van der Waals surface area contributed by atoms with E-state index >= 15 is 0 Å². The molecule has 0 atom stereocenters. The standard InChI is InChI=1S/C14H8N2O5PS2/c17-13-15(9-5-1-3-7-11(9)23-13)20-22(19)21-16-10-6-2-4-8-12(10)24-14(16)18/h1-8H/q+1. The van der Waals surface area contributed by atoms with Gasteiger partial charge in [0, 0.05) is 4.57 Å². The summed E-state index contributed by atoms with van der Waals surface area (Å²) in [5.41, 5.74) is 0.976. The van der Waals surface area contributed by atoms with Crippen molar-refractivity contribution in [1.82, 2.24) is 9.46 Å². The zero-order valence-corrected chi connectivity index (χ0v) is 14.3. The largest absolute Gasteiger partial charge is 0.848 e. The number of nitrogens with zero attached hydrogens (tertiary/aromatic N) is 2. The summed E-state index contributed by atoms with van der Waals surface area (Å²) in [6.45, 7) is 0. The van der Waals surface area contributed by atoms with E-state index in [9.17, 15) is 14.2 Å². The first-order valence-electron chi connectivity index (χ1n) is 6.69. The van der Waals surface area contributed by atoms with Crippen LogP contribution < -0.4 is 19.0 Å². The molecule has 120 valence electrons. The minimum atomic E-state index is -2.77. The SMILES string of the molecule is O=c1sc2ccccc2n1O[P+](=O)On1c(=O)sc2ccccc21. The maximum absolute atomic E-state index is 12.2. The van der Waals surface area contributed by atoms with Gasteiger partial charge in [0.05, 0.1) is 9.40 Å². The Balaban J connectivity index is 1.67. The van der Waals surface area contributed by atoms with Gasteiger partial charge in [-0.15, -0.1) is 9.25 Å². The first kappa shape index (κ1) is 15.1. The molecule has 2 heterocycles. The number of rotatable bonds is 4. The molecule has 0 saturated carbocycles. The lowest BCUT2D eigenvalue weighted by molar-refractivity contribution is 0.199. The van der Waals surface area contributed by atoms with Crippen LogP contribution in [0.25, 0.3) is 20.4 Å². The number of thiazole rings is 2. The molecule has 0 spiro atoms. The molecular formula is C14H8N2O5PS2+. The van der Waals surface area contributed by atoms with Crippen LogP contribution in [0.4, 0.5) is 0 Å². The van der Waals surface area contributed by atoms with Crippen LogP contribution in [0.2, 0.25) is 0 Å². The highest BCUT2D eigenvalue weighted by molar-refractivity contribution is 7.33. The molecule has 10 heteroatoms. The lowest BCUT2D eigenvalue weighted by atomic mass is 10.3. The molecule has 0 unspecified atom stereocenters. The average Bonchev–Trinajstić information content (AvgIpc) is 3.05. The number of hydrogen-bond acceptors (Lipinski definition) is 7. The molecule has 0 saturated heterocycles. The van der Waals surface area contributed by atoms with Gasteiger partial charge in [0.1, 0.15) is 11.0 Å². The molecule has 4 rings (SSSR count). The normalized spacial score (nSPS) is 11.0. The van der Waals surface area contributed by atoms with Gasteiger partial charge in [-0.05, 0) is 24.3 Å². The Morgan fingerprint density at radius 1 is 0.750 bits per heavy atom. The monoisotopic (exact) mass is 379 g/mol. The van der Waals surface area contributed by atoms with Crippen LogP contribution in [-0.4, -0.2) is 9.46 Å². The van der Waals surface area contributed by atoms with Gasteiger partial charge in [0.2, 0.25) is 0 Å². The highest BCUT2D eigenvalue weighted by Gasteiger charge is 2.30. The van der Waals surface area contributed by atoms with Crippen LogP contribution in [-0.2, 0) is 4.57 Å². The number of benzene rings is 2. The van der Waals surface area contributed by atoms with Gasteiger partial charge < -0.3 is 0 Å². The fourth-order valence-corrected chi connectivity index (χ4v) is 4.54. The zero-order valence-electron chi connectivity index (χ0n) is 11.8. The van der Waals surface area contributed by atoms with Crippen molar-refractivity contribution in [2.45, 2.75) is 0 Å². The second-order valence-corrected chi connectivity index (χ2v) is 7.41. The van der Waals surface area contributed by atoms with Crippen LogP contribution in [0.5, 0.6) is 0 Å². The van der Waals surface area contributed by atoms with E-state index in [1.807, 2.05) is 0 Å². The molecule has 0 radical (unpaired) electrons. The minimum absolute atomic E-state index is 0.425. The summed E-state index contributed by atoms with van der Waals surface area (Å²) in [4.78, 5) is 23.1. The molecule has 0 fully saturated rings. The highest BCUT2D eigenvalue weighted by Crippen LogP contribution is 2.23. The number of para-hydroxylation sites is 2. The van der Waals surface area contributed by atoms with Crippen molar-refractivity contribution in [3.63, 3.8) is 0 Å². The van der Waals surface area contributed by atoms with Crippen molar-refractivity contribution >= 4 is 51.4 Å². The van der Waals surface area contributed by atoms with Gasteiger partial charge in [-0.1, -0.05) is 56.4 Å². The van der Waals surface area contributed by atoms with E-state index in [4.69, 9.17) is 9.25 Å². The van der Waals surface area contributed by atoms with E-state index in [2.05, 4.69) is 0 Å². The van der Waals surface area contributed by atoms with E-state index < -0.39 is 18.0 Å². The summed E-state index contributed by atoms with van der Waals surface area (Å²) in [5, 5.41) is 0. The Bertz CT molecular complexity index is 1100. The molecule has 24 heavy (non-hydrogen) atoms. The van der Waals surface area contributed by atoms with Crippen LogP contribution in [0, 0.1) is 0 Å². The zero-order chi connectivity index (χ0) is 16.7. The molecule has 2 aromatic carbocycles. The molecular weight excluding hydrogens is 371 g/mol. The Hall–Kier alpha value is -2.48. The molecule has 0 amide bonds. The summed E-state index contributed by atoms with van der Waals surface area (Å²) in [6, 6.07) is 13.9. The van der Waals surface area contributed by atoms with Crippen molar-refractivity contribution in [2.75, 3.05) is 0 Å². The maximum atomic E-state index is 12.2. The number of hydrogen-bond donors (Lipinski definition) is 0. The fraction of sp³-hybridized carbons (Fsp3) is 0. The van der Waals surface area contributed by atoms with Crippen molar-refractivity contribution < 1.29 is 13.8 Å². The third kappa shape index (κ3) is 2.52. The van der Waals surface area contributed by atoms with Crippen LogP contribution >= 0.6 is 30.9 Å². The summed E-state index contributed by atoms with van der Waals surface area (Å²) in [6.07, 6.45) is 0. The lowest BCUT2D eigenvalue weighted by Gasteiger charge is -1.95. The average molecular weight is 379 g/mol. The fourth-order valence-electron chi connectivity index (χ4n) is 2.19. The van der Waals surface area contributed by atoms with E-state index in [-0.39, 0.29) is 0 Å². The van der Waals surface area contributed by atoms with E-state index in [0.717, 1.165) is 32.1 Å². The van der Waals surface area contributed by atoms with Crippen molar-refractivity contribution in [3.05, 3.63) is 67.9 Å². The summed E-state index contributed by atoms with van der Waals surface area (Å²) in [5.74, 6) is 0. The molecule has 0 aliphatic rings. The predicted octanol–water partition coefficient (Wildman–Crippen LogP) is 2.65. The predicted molar refractivity (Wildman–Crippen MR) is 92.9 cm³/mol. The van der Waals surface area contributed by atoms with Gasteiger partial charge in [-0.2, -0.15) is 0 Å². The quantitative estimate of drug-likeness (QED) is 0.510. The maximum Gasteiger partial charge on any atom is 0.848 e. The van der Waals surface area contributed by atoms with Crippen LogP contribution in [0.15, 0.2) is 58.1 Å². The second-order valence-electron chi connectivity index (χ2n) is 4.65. The van der Waals surface area contributed by atoms with Gasteiger partial charge in [0.15, 0.2) is 0 Å². The van der Waals surface area contributed by atoms with Gasteiger partial charge in [0.25, 0.3) is 0 Å². The Morgan fingerprint density at radius 2 is 1.17 bits per heavy atom. The first-order chi connectivity index (χ1) is 11.6. The number of aromatic nitrogens is 2. The summed E-state index contributed by atoms with van der Waals surface area (Å²) >= 11 is 1.93. The Morgan fingerprint density at radius 3 is 1.62 bits per heavy atom. The third-order valence-electron chi connectivity index (χ3n) is 3.19. The molecule has 0 N–H and O–H groups in total. The first-order valence-corrected chi connectivity index (χ1v) is 9.42. The van der Waals surface area contributed by atoms with Crippen LogP contribution in [0.1, 0.15) is 0 Å². The van der Waals surface area contributed by atoms with Crippen molar-refractivity contribution in [2.24, 2.45) is 0 Å². The molecule has 0 aliphatic heterocycles.